The van der Waals surface area contributed by atoms with E-state index in [2.05, 4.69) is 20.9 Å². The molecule has 0 radical (unpaired) electrons. The van der Waals surface area contributed by atoms with Gasteiger partial charge in [-0.3, -0.25) is 10.3 Å². The topological polar surface area (TPSA) is 80.2 Å². The molecule has 0 amide bonds. The van der Waals surface area contributed by atoms with Gasteiger partial charge in [-0.2, -0.15) is 0 Å². The van der Waals surface area contributed by atoms with E-state index in [0.29, 0.717) is 17.5 Å². The maximum absolute atomic E-state index is 6.53. The van der Waals surface area contributed by atoms with Crippen molar-refractivity contribution in [3.05, 3.63) is 47.7 Å². The van der Waals surface area contributed by atoms with Crippen molar-refractivity contribution in [2.24, 2.45) is 0 Å². The quantitative estimate of drug-likeness (QED) is 0.581. The van der Waals surface area contributed by atoms with Crippen molar-refractivity contribution in [2.75, 3.05) is 36.8 Å². The molecule has 6 nitrogen and oxygen atoms in total. The number of piperazine rings is 1. The van der Waals surface area contributed by atoms with Crippen LogP contribution >= 0.6 is 0 Å². The van der Waals surface area contributed by atoms with Crippen molar-refractivity contribution in [3.8, 4) is 5.75 Å². The van der Waals surface area contributed by atoms with E-state index in [4.69, 9.17) is 15.9 Å². The fraction of sp³-hybridized carbons (Fsp3) is 0.455. The number of aromatic nitrogens is 1. The summed E-state index contributed by atoms with van der Waals surface area (Å²) >= 11 is 0. The Kier molecular flexibility index (Phi) is 4.43. The lowest BCUT2D eigenvalue weighted by atomic mass is 10.0. The van der Waals surface area contributed by atoms with E-state index in [1.807, 2.05) is 30.5 Å². The minimum atomic E-state index is 0.347. The molecule has 4 N–H and O–H groups in total. The van der Waals surface area contributed by atoms with Gasteiger partial charge in [-0.05, 0) is 56.0 Å². The van der Waals surface area contributed by atoms with Crippen LogP contribution in [0.25, 0.3) is 0 Å². The maximum Gasteiger partial charge on any atom is 0.213 e. The Bertz CT molecular complexity index is 882. The first-order chi connectivity index (χ1) is 13.7. The van der Waals surface area contributed by atoms with Gasteiger partial charge in [0.2, 0.25) is 5.71 Å². The monoisotopic (exact) mass is 378 g/mol. The molecule has 1 saturated heterocycles. The molecule has 0 spiro atoms. The summed E-state index contributed by atoms with van der Waals surface area (Å²) in [5.74, 6) is 1.82. The van der Waals surface area contributed by atoms with Crippen LogP contribution in [0.5, 0.6) is 5.75 Å². The van der Waals surface area contributed by atoms with Crippen LogP contribution in [0.4, 0.5) is 11.5 Å². The number of benzene rings is 1. The number of nitrogens with zero attached hydrogens (tertiary/aromatic N) is 3. The fourth-order valence-electron chi connectivity index (χ4n) is 3.89. The van der Waals surface area contributed by atoms with E-state index in [1.54, 1.807) is 0 Å². The molecule has 0 atom stereocenters. The van der Waals surface area contributed by atoms with Gasteiger partial charge >= 0.3 is 0 Å². The predicted molar refractivity (Wildman–Crippen MR) is 111 cm³/mol. The Hall–Kier alpha value is -2.60. The summed E-state index contributed by atoms with van der Waals surface area (Å²) in [5, 5.41) is 6.53. The van der Waals surface area contributed by atoms with E-state index in [9.17, 15) is 0 Å². The van der Waals surface area contributed by atoms with Gasteiger partial charge in [0.15, 0.2) is 0 Å². The summed E-state index contributed by atoms with van der Waals surface area (Å²) in [7, 11) is 0. The van der Waals surface area contributed by atoms with Crippen LogP contribution in [-0.2, 0) is 0 Å². The highest BCUT2D eigenvalue weighted by Crippen LogP contribution is 2.30. The smallest absolute Gasteiger partial charge is 0.213 e. The van der Waals surface area contributed by atoms with E-state index < -0.39 is 0 Å². The highest BCUT2D eigenvalue weighted by Gasteiger charge is 2.31. The van der Waals surface area contributed by atoms with Crippen molar-refractivity contribution >= 4 is 17.2 Å². The SMILES string of the molecule is Nc1ccc(OC2CC2)cc1C(=[NH2+])c1ccnc(N2CCN(C3CC3)CC2)c1. The summed E-state index contributed by atoms with van der Waals surface area (Å²) < 4.78 is 5.91. The van der Waals surface area contributed by atoms with Crippen LogP contribution in [0.2, 0.25) is 0 Å². The third-order valence-electron chi connectivity index (χ3n) is 5.90. The van der Waals surface area contributed by atoms with Gasteiger partial charge in [0, 0.05) is 44.1 Å². The molecule has 3 aliphatic rings. The Morgan fingerprint density at radius 3 is 2.54 bits per heavy atom. The molecule has 2 saturated carbocycles. The second-order valence-corrected chi connectivity index (χ2v) is 8.14. The molecule has 1 aromatic heterocycles. The van der Waals surface area contributed by atoms with Crippen molar-refractivity contribution in [3.63, 3.8) is 0 Å². The van der Waals surface area contributed by atoms with Crippen LogP contribution in [0.3, 0.4) is 0 Å². The first kappa shape index (κ1) is 17.5. The number of nitrogens with two attached hydrogens (primary N) is 2. The number of hydrogen-bond donors (Lipinski definition) is 2. The van der Waals surface area contributed by atoms with Gasteiger partial charge in [-0.25, -0.2) is 4.98 Å². The lowest BCUT2D eigenvalue weighted by Gasteiger charge is -2.35. The lowest BCUT2D eigenvalue weighted by molar-refractivity contribution is -0.111. The molecular weight excluding hydrogens is 350 g/mol. The number of ether oxygens (including phenoxy) is 1. The third kappa shape index (κ3) is 3.69. The number of hydrogen-bond acceptors (Lipinski definition) is 5. The zero-order chi connectivity index (χ0) is 19.1. The molecule has 0 bridgehead atoms. The number of pyridine rings is 1. The zero-order valence-electron chi connectivity index (χ0n) is 16.2. The minimum Gasteiger partial charge on any atom is -0.490 e. The Balaban J connectivity index is 1.33. The molecule has 3 fully saturated rings. The Morgan fingerprint density at radius 1 is 1.04 bits per heavy atom. The summed E-state index contributed by atoms with van der Waals surface area (Å²) in [5.41, 5.74) is 9.32. The van der Waals surface area contributed by atoms with Crippen LogP contribution in [0.1, 0.15) is 36.8 Å². The van der Waals surface area contributed by atoms with Crippen LogP contribution in [0, 0.1) is 0 Å². The fourth-order valence-corrected chi connectivity index (χ4v) is 3.89. The number of nitrogen functional groups attached to an aromatic ring is 1. The summed E-state index contributed by atoms with van der Waals surface area (Å²) in [4.78, 5) is 9.55. The predicted octanol–water partition coefficient (Wildman–Crippen LogP) is 1.09. The van der Waals surface area contributed by atoms with Crippen molar-refractivity contribution in [2.45, 2.75) is 37.8 Å². The highest BCUT2D eigenvalue weighted by molar-refractivity contribution is 6.12. The highest BCUT2D eigenvalue weighted by atomic mass is 16.5. The Labute approximate surface area is 165 Å². The van der Waals surface area contributed by atoms with Gasteiger partial charge in [-0.1, -0.05) is 0 Å². The van der Waals surface area contributed by atoms with E-state index in [1.165, 1.54) is 12.8 Å². The molecule has 28 heavy (non-hydrogen) atoms. The van der Waals surface area contributed by atoms with Gasteiger partial charge < -0.3 is 15.4 Å². The maximum atomic E-state index is 6.53. The first-order valence-corrected chi connectivity index (χ1v) is 10.3. The normalized spacial score (nSPS) is 20.2. The molecule has 6 heteroatoms. The van der Waals surface area contributed by atoms with Gasteiger partial charge in [0.1, 0.15) is 11.6 Å². The molecule has 0 unspecified atom stereocenters. The summed E-state index contributed by atoms with van der Waals surface area (Å²) in [6, 6.07) is 10.6. The van der Waals surface area contributed by atoms with Gasteiger partial charge in [0.25, 0.3) is 0 Å². The second-order valence-electron chi connectivity index (χ2n) is 8.14. The van der Waals surface area contributed by atoms with Crippen molar-refractivity contribution < 1.29 is 10.1 Å². The van der Waals surface area contributed by atoms with E-state index in [0.717, 1.165) is 67.8 Å². The molecular formula is C22H28N5O+. The average Bonchev–Trinajstić information content (AvgIpc) is 3.63. The number of rotatable bonds is 6. The first-order valence-electron chi connectivity index (χ1n) is 10.3. The Morgan fingerprint density at radius 2 is 1.82 bits per heavy atom. The van der Waals surface area contributed by atoms with Gasteiger partial charge in [0.05, 0.1) is 17.2 Å². The van der Waals surface area contributed by atoms with Gasteiger partial charge in [-0.15, -0.1) is 0 Å². The zero-order valence-corrected chi connectivity index (χ0v) is 16.2. The van der Waals surface area contributed by atoms with Crippen molar-refractivity contribution in [1.29, 1.82) is 0 Å². The third-order valence-corrected chi connectivity index (χ3v) is 5.90. The largest absolute Gasteiger partial charge is 0.490 e. The van der Waals surface area contributed by atoms with Crippen LogP contribution in [-0.4, -0.2) is 53.9 Å². The van der Waals surface area contributed by atoms with E-state index in [-0.39, 0.29) is 0 Å². The van der Waals surface area contributed by atoms with Crippen molar-refractivity contribution in [1.82, 2.24) is 9.88 Å². The standard InChI is InChI=1S/C22H27N5O/c23-20-6-5-18(28-17-3-4-17)14-19(20)22(24)15-7-8-25-21(13-15)27-11-9-26(10-12-27)16-1-2-16/h5-8,13-14,16-17,24H,1-4,9-12,23H2/p+1. The lowest BCUT2D eigenvalue weighted by Crippen LogP contribution is -2.47. The molecule has 146 valence electrons. The number of anilines is 2. The second kappa shape index (κ2) is 7.09. The molecule has 2 heterocycles. The molecule has 2 aliphatic carbocycles. The van der Waals surface area contributed by atoms with Crippen LogP contribution < -0.4 is 20.8 Å². The van der Waals surface area contributed by atoms with Crippen LogP contribution in [0.15, 0.2) is 36.5 Å². The molecule has 1 aliphatic heterocycles. The molecule has 5 rings (SSSR count). The molecule has 2 aromatic rings. The summed E-state index contributed by atoms with van der Waals surface area (Å²) in [6.45, 7) is 4.26. The molecule has 1 aromatic carbocycles. The average molecular weight is 379 g/mol. The minimum absolute atomic E-state index is 0.347. The summed E-state index contributed by atoms with van der Waals surface area (Å²) in [6.07, 6.45) is 7.17. The van der Waals surface area contributed by atoms with E-state index >= 15 is 0 Å².